The monoisotopic (exact) mass is 195 g/mol. The van der Waals surface area contributed by atoms with Crippen LogP contribution in [0.15, 0.2) is 0 Å². The predicted octanol–water partition coefficient (Wildman–Crippen LogP) is 1.69. The molecule has 0 aliphatic heterocycles. The standard InChI is InChI=1S/C7H11Cl2NO/c1-7(6(10)11)3-4(7)2-5(8)9/h4-5H,2-3H2,1H3,(H2,10,11). The molecule has 2 N–H and O–H groups in total. The van der Waals surface area contributed by atoms with Gasteiger partial charge in [-0.2, -0.15) is 0 Å². The van der Waals surface area contributed by atoms with Crippen molar-refractivity contribution in [3.8, 4) is 0 Å². The Morgan fingerprint density at radius 2 is 2.36 bits per heavy atom. The molecule has 0 radical (unpaired) electrons. The summed E-state index contributed by atoms with van der Waals surface area (Å²) in [5, 5.41) is 0. The minimum atomic E-state index is -0.374. The lowest BCUT2D eigenvalue weighted by molar-refractivity contribution is -0.123. The lowest BCUT2D eigenvalue weighted by Gasteiger charge is -2.05. The predicted molar refractivity (Wildman–Crippen MR) is 45.5 cm³/mol. The molecule has 1 amide bonds. The van der Waals surface area contributed by atoms with Crippen molar-refractivity contribution >= 4 is 29.1 Å². The molecule has 1 saturated carbocycles. The number of carbonyl (C=O) groups is 1. The smallest absolute Gasteiger partial charge is 0.223 e. The molecule has 0 aromatic heterocycles. The second-order valence-electron chi connectivity index (χ2n) is 3.31. The quantitative estimate of drug-likeness (QED) is 0.685. The normalized spacial score (nSPS) is 35.8. The summed E-state index contributed by atoms with van der Waals surface area (Å²) < 4.78 is 0. The number of primary amides is 1. The molecule has 4 heteroatoms. The molecule has 1 aliphatic carbocycles. The lowest BCUT2D eigenvalue weighted by Crippen LogP contribution is -2.23. The van der Waals surface area contributed by atoms with Crippen molar-refractivity contribution in [2.24, 2.45) is 17.1 Å². The summed E-state index contributed by atoms with van der Waals surface area (Å²) in [4.78, 5) is 10.4. The number of hydrogen-bond donors (Lipinski definition) is 1. The fourth-order valence-electron chi connectivity index (χ4n) is 1.31. The van der Waals surface area contributed by atoms with E-state index in [1.807, 2.05) is 6.92 Å². The van der Waals surface area contributed by atoms with Gasteiger partial charge in [0.1, 0.15) is 4.84 Å². The van der Waals surface area contributed by atoms with Crippen molar-refractivity contribution in [1.82, 2.24) is 0 Å². The minimum absolute atomic E-state index is 0.239. The van der Waals surface area contributed by atoms with Gasteiger partial charge in [-0.1, -0.05) is 6.92 Å². The Hall–Kier alpha value is 0.0500. The summed E-state index contributed by atoms with van der Waals surface area (Å²) in [6, 6.07) is 0. The first-order valence-electron chi connectivity index (χ1n) is 3.55. The zero-order chi connectivity index (χ0) is 8.65. The van der Waals surface area contributed by atoms with E-state index in [1.165, 1.54) is 0 Å². The van der Waals surface area contributed by atoms with Gasteiger partial charge in [0.25, 0.3) is 0 Å². The van der Waals surface area contributed by atoms with Crippen LogP contribution in [0.2, 0.25) is 0 Å². The topological polar surface area (TPSA) is 43.1 Å². The second-order valence-corrected chi connectivity index (χ2v) is 4.59. The molecule has 1 aliphatic rings. The molecule has 0 spiro atoms. The van der Waals surface area contributed by atoms with Crippen LogP contribution in [-0.2, 0) is 4.79 Å². The highest BCUT2D eigenvalue weighted by Gasteiger charge is 2.54. The van der Waals surface area contributed by atoms with Gasteiger partial charge >= 0.3 is 0 Å². The summed E-state index contributed by atoms with van der Waals surface area (Å²) in [6.45, 7) is 1.86. The zero-order valence-corrected chi connectivity index (χ0v) is 7.82. The lowest BCUT2D eigenvalue weighted by atomic mass is 10.1. The van der Waals surface area contributed by atoms with Crippen LogP contribution in [0, 0.1) is 11.3 Å². The highest BCUT2D eigenvalue weighted by Crippen LogP contribution is 2.54. The van der Waals surface area contributed by atoms with E-state index in [-0.39, 0.29) is 16.2 Å². The third-order valence-corrected chi connectivity index (χ3v) is 2.79. The Kier molecular flexibility index (Phi) is 2.35. The molecule has 64 valence electrons. The van der Waals surface area contributed by atoms with Crippen molar-refractivity contribution < 1.29 is 4.79 Å². The number of carbonyl (C=O) groups excluding carboxylic acids is 1. The van der Waals surface area contributed by atoms with E-state index >= 15 is 0 Å². The molecule has 2 unspecified atom stereocenters. The fourth-order valence-corrected chi connectivity index (χ4v) is 1.74. The number of halogens is 2. The molecule has 1 fully saturated rings. The van der Waals surface area contributed by atoms with Gasteiger partial charge in [-0.15, -0.1) is 23.2 Å². The molecule has 0 heterocycles. The first kappa shape index (κ1) is 9.14. The molecular weight excluding hydrogens is 185 g/mol. The Labute approximate surface area is 76.0 Å². The van der Waals surface area contributed by atoms with E-state index in [1.54, 1.807) is 0 Å². The number of nitrogens with two attached hydrogens (primary N) is 1. The molecule has 2 atom stereocenters. The van der Waals surface area contributed by atoms with Crippen LogP contribution >= 0.6 is 23.2 Å². The van der Waals surface area contributed by atoms with Crippen molar-refractivity contribution in [3.63, 3.8) is 0 Å². The van der Waals surface area contributed by atoms with Crippen molar-refractivity contribution in [3.05, 3.63) is 0 Å². The van der Waals surface area contributed by atoms with Crippen molar-refractivity contribution in [2.45, 2.75) is 24.6 Å². The first-order chi connectivity index (χ1) is 4.97. The summed E-state index contributed by atoms with van der Waals surface area (Å²) in [5.74, 6) is 0.0523. The van der Waals surface area contributed by atoms with E-state index in [9.17, 15) is 4.79 Å². The van der Waals surface area contributed by atoms with Crippen LogP contribution in [0.4, 0.5) is 0 Å². The molecule has 0 bridgehead atoms. The minimum Gasteiger partial charge on any atom is -0.369 e. The maximum atomic E-state index is 10.8. The average molecular weight is 196 g/mol. The summed E-state index contributed by atoms with van der Waals surface area (Å²) in [6.07, 6.45) is 1.50. The van der Waals surface area contributed by atoms with Gasteiger partial charge in [0.05, 0.1) is 0 Å². The summed E-state index contributed by atoms with van der Waals surface area (Å²) >= 11 is 11.1. The van der Waals surface area contributed by atoms with Crippen LogP contribution in [0.1, 0.15) is 19.8 Å². The van der Waals surface area contributed by atoms with Gasteiger partial charge in [0.2, 0.25) is 5.91 Å². The van der Waals surface area contributed by atoms with Gasteiger partial charge in [0.15, 0.2) is 0 Å². The van der Waals surface area contributed by atoms with Crippen LogP contribution in [-0.4, -0.2) is 10.7 Å². The SMILES string of the molecule is CC1(C(N)=O)CC1CC(Cl)Cl. The largest absolute Gasteiger partial charge is 0.369 e. The maximum absolute atomic E-state index is 10.8. The molecule has 0 aromatic rings. The maximum Gasteiger partial charge on any atom is 0.223 e. The third kappa shape index (κ3) is 1.79. The van der Waals surface area contributed by atoms with E-state index in [2.05, 4.69) is 0 Å². The second kappa shape index (κ2) is 2.83. The van der Waals surface area contributed by atoms with Gasteiger partial charge in [-0.3, -0.25) is 4.79 Å². The Morgan fingerprint density at radius 3 is 2.64 bits per heavy atom. The fraction of sp³-hybridized carbons (Fsp3) is 0.857. The molecular formula is C7H11Cl2NO. The van der Waals surface area contributed by atoms with Gasteiger partial charge in [-0.25, -0.2) is 0 Å². The highest BCUT2D eigenvalue weighted by molar-refractivity contribution is 6.44. The van der Waals surface area contributed by atoms with Crippen LogP contribution in [0.25, 0.3) is 0 Å². The molecule has 2 nitrogen and oxygen atoms in total. The van der Waals surface area contributed by atoms with Crippen LogP contribution in [0.5, 0.6) is 0 Å². The Bertz CT molecular complexity index is 183. The number of rotatable bonds is 3. The van der Waals surface area contributed by atoms with Gasteiger partial charge in [-0.05, 0) is 18.8 Å². The van der Waals surface area contributed by atoms with Crippen molar-refractivity contribution in [2.75, 3.05) is 0 Å². The number of amides is 1. The van der Waals surface area contributed by atoms with E-state index in [4.69, 9.17) is 28.9 Å². The first-order valence-corrected chi connectivity index (χ1v) is 4.42. The molecule has 0 saturated heterocycles. The van der Waals surface area contributed by atoms with E-state index < -0.39 is 0 Å². The van der Waals surface area contributed by atoms with Gasteiger partial charge in [0, 0.05) is 5.41 Å². The number of alkyl halides is 2. The molecule has 11 heavy (non-hydrogen) atoms. The summed E-state index contributed by atoms with van der Waals surface area (Å²) in [7, 11) is 0. The van der Waals surface area contributed by atoms with E-state index in [0.29, 0.717) is 12.3 Å². The van der Waals surface area contributed by atoms with E-state index in [0.717, 1.165) is 6.42 Å². The van der Waals surface area contributed by atoms with Crippen LogP contribution in [0.3, 0.4) is 0 Å². The van der Waals surface area contributed by atoms with Crippen molar-refractivity contribution in [1.29, 1.82) is 0 Å². The summed E-state index contributed by atoms with van der Waals surface area (Å²) in [5.41, 5.74) is 4.84. The number of hydrogen-bond acceptors (Lipinski definition) is 1. The van der Waals surface area contributed by atoms with Crippen LogP contribution < -0.4 is 5.73 Å². The molecule has 0 aromatic carbocycles. The highest BCUT2D eigenvalue weighted by atomic mass is 35.5. The Morgan fingerprint density at radius 1 is 1.82 bits per heavy atom. The average Bonchev–Trinajstić information content (AvgIpc) is 2.42. The van der Waals surface area contributed by atoms with Gasteiger partial charge < -0.3 is 5.73 Å². The zero-order valence-electron chi connectivity index (χ0n) is 6.31. The third-order valence-electron chi connectivity index (χ3n) is 2.44. The Balaban J connectivity index is 2.41. The molecule has 1 rings (SSSR count).